The topological polar surface area (TPSA) is 41.6 Å². The smallest absolute Gasteiger partial charge is 0.407 e. The molecule has 134 valence electrons. The van der Waals surface area contributed by atoms with Gasteiger partial charge in [0.25, 0.3) is 5.92 Å². The van der Waals surface area contributed by atoms with Crippen molar-refractivity contribution in [3.05, 3.63) is 0 Å². The molecule has 0 aromatic heterocycles. The van der Waals surface area contributed by atoms with Crippen molar-refractivity contribution in [2.45, 2.75) is 76.9 Å². The number of nitrogens with one attached hydrogen (secondary N) is 1. The molecule has 0 radical (unpaired) electrons. The highest BCUT2D eigenvalue weighted by Gasteiger charge is 2.36. The molecule has 2 rings (SSSR count). The fourth-order valence-corrected chi connectivity index (χ4v) is 3.47. The maximum Gasteiger partial charge on any atom is 0.407 e. The van der Waals surface area contributed by atoms with Gasteiger partial charge in [-0.2, -0.15) is 0 Å². The number of ether oxygens (including phenoxy) is 1. The number of alkyl carbamates (subject to hydrolysis) is 1. The van der Waals surface area contributed by atoms with Crippen LogP contribution in [0.3, 0.4) is 0 Å². The number of hydrogen-bond donors (Lipinski definition) is 1. The number of amides is 1. The van der Waals surface area contributed by atoms with Gasteiger partial charge in [0, 0.05) is 38.5 Å². The Morgan fingerprint density at radius 1 is 1.22 bits per heavy atom. The van der Waals surface area contributed by atoms with Crippen molar-refractivity contribution in [2.75, 3.05) is 19.6 Å². The molecule has 0 aromatic carbocycles. The molecular weight excluding hydrogens is 302 g/mol. The molecule has 2 fully saturated rings. The third kappa shape index (κ3) is 6.24. The van der Waals surface area contributed by atoms with E-state index in [1.165, 1.54) is 0 Å². The van der Waals surface area contributed by atoms with Gasteiger partial charge in [-0.1, -0.05) is 12.8 Å². The van der Waals surface area contributed by atoms with Crippen LogP contribution in [-0.2, 0) is 4.74 Å². The van der Waals surface area contributed by atoms with Gasteiger partial charge in [0.05, 0.1) is 0 Å². The number of carbonyl (C=O) groups is 1. The summed E-state index contributed by atoms with van der Waals surface area (Å²) in [6, 6.07) is 0.0843. The van der Waals surface area contributed by atoms with E-state index in [2.05, 4.69) is 10.2 Å². The first-order valence-corrected chi connectivity index (χ1v) is 8.74. The first-order chi connectivity index (χ1) is 10.6. The van der Waals surface area contributed by atoms with Crippen molar-refractivity contribution in [3.8, 4) is 0 Å². The van der Waals surface area contributed by atoms with Crippen molar-refractivity contribution >= 4 is 6.09 Å². The van der Waals surface area contributed by atoms with Gasteiger partial charge in [0.2, 0.25) is 0 Å². The lowest BCUT2D eigenvalue weighted by Crippen LogP contribution is -2.49. The van der Waals surface area contributed by atoms with Gasteiger partial charge in [-0.15, -0.1) is 0 Å². The molecule has 1 unspecified atom stereocenters. The van der Waals surface area contributed by atoms with E-state index in [0.29, 0.717) is 19.0 Å². The summed E-state index contributed by atoms with van der Waals surface area (Å²) < 4.78 is 31.9. The molecule has 1 saturated carbocycles. The summed E-state index contributed by atoms with van der Waals surface area (Å²) in [5, 5.41) is 3.00. The highest BCUT2D eigenvalue weighted by Crippen LogP contribution is 2.30. The van der Waals surface area contributed by atoms with E-state index in [0.717, 1.165) is 32.2 Å². The highest BCUT2D eigenvalue weighted by atomic mass is 19.3. The molecule has 2 atom stereocenters. The molecule has 1 heterocycles. The van der Waals surface area contributed by atoms with Crippen LogP contribution in [0.1, 0.15) is 59.3 Å². The number of halogens is 2. The lowest BCUT2D eigenvalue weighted by molar-refractivity contribution is -0.0587. The van der Waals surface area contributed by atoms with Gasteiger partial charge in [-0.25, -0.2) is 13.6 Å². The Bertz CT molecular complexity index is 400. The van der Waals surface area contributed by atoms with Crippen LogP contribution in [0, 0.1) is 5.92 Å². The van der Waals surface area contributed by atoms with Gasteiger partial charge in [0.1, 0.15) is 5.60 Å². The number of piperidine rings is 1. The van der Waals surface area contributed by atoms with Crippen molar-refractivity contribution in [1.82, 2.24) is 10.2 Å². The number of carbonyl (C=O) groups excluding carboxylic acids is 1. The summed E-state index contributed by atoms with van der Waals surface area (Å²) in [4.78, 5) is 14.1. The third-order valence-electron chi connectivity index (χ3n) is 4.69. The minimum atomic E-state index is -2.50. The summed E-state index contributed by atoms with van der Waals surface area (Å²) in [5.74, 6) is -2.18. The van der Waals surface area contributed by atoms with Crippen molar-refractivity contribution < 1.29 is 18.3 Å². The van der Waals surface area contributed by atoms with Crippen LogP contribution >= 0.6 is 0 Å². The molecule has 2 aliphatic rings. The van der Waals surface area contributed by atoms with Crippen molar-refractivity contribution in [1.29, 1.82) is 0 Å². The molecule has 1 amide bonds. The van der Waals surface area contributed by atoms with Gasteiger partial charge in [0.15, 0.2) is 0 Å². The molecule has 0 spiro atoms. The molecule has 6 heteroatoms. The fraction of sp³-hybridized carbons (Fsp3) is 0.941. The maximum absolute atomic E-state index is 13.3. The third-order valence-corrected chi connectivity index (χ3v) is 4.69. The number of hydrogen-bond acceptors (Lipinski definition) is 3. The zero-order chi connectivity index (χ0) is 17.1. The Morgan fingerprint density at radius 3 is 2.43 bits per heavy atom. The summed E-state index contributed by atoms with van der Waals surface area (Å²) >= 11 is 0. The number of likely N-dealkylation sites (tertiary alicyclic amines) is 1. The summed E-state index contributed by atoms with van der Waals surface area (Å²) in [6.07, 6.45) is 3.73. The summed E-state index contributed by atoms with van der Waals surface area (Å²) in [6.45, 7) is 7.22. The predicted molar refractivity (Wildman–Crippen MR) is 85.7 cm³/mol. The molecule has 1 saturated heterocycles. The monoisotopic (exact) mass is 332 g/mol. The normalized spacial score (nSPS) is 29.1. The SMILES string of the molecule is CC(C)(C)OC(=O)NC1CCCC[C@H]1CN1CCC(F)(F)CC1. The van der Waals surface area contributed by atoms with Crippen LogP contribution in [0.15, 0.2) is 0 Å². The lowest BCUT2D eigenvalue weighted by Gasteiger charge is -2.38. The van der Waals surface area contributed by atoms with E-state index in [4.69, 9.17) is 4.74 Å². The first kappa shape index (κ1) is 18.4. The minimum absolute atomic E-state index is 0.0517. The van der Waals surface area contributed by atoms with E-state index >= 15 is 0 Å². The molecule has 1 aliphatic carbocycles. The van der Waals surface area contributed by atoms with Crippen molar-refractivity contribution in [3.63, 3.8) is 0 Å². The average Bonchev–Trinajstić information content (AvgIpc) is 2.41. The van der Waals surface area contributed by atoms with Gasteiger partial charge in [-0.3, -0.25) is 0 Å². The second kappa shape index (κ2) is 7.32. The molecule has 23 heavy (non-hydrogen) atoms. The van der Waals surface area contributed by atoms with E-state index in [1.807, 2.05) is 20.8 Å². The first-order valence-electron chi connectivity index (χ1n) is 8.74. The molecule has 0 bridgehead atoms. The fourth-order valence-electron chi connectivity index (χ4n) is 3.47. The van der Waals surface area contributed by atoms with Gasteiger partial charge in [-0.05, 0) is 39.5 Å². The molecular formula is C17H30F2N2O2. The van der Waals surface area contributed by atoms with E-state index < -0.39 is 11.5 Å². The number of nitrogens with zero attached hydrogens (tertiary/aromatic N) is 1. The Morgan fingerprint density at radius 2 is 1.83 bits per heavy atom. The molecule has 0 aromatic rings. The molecule has 4 nitrogen and oxygen atoms in total. The maximum atomic E-state index is 13.3. The summed E-state index contributed by atoms with van der Waals surface area (Å²) in [5.41, 5.74) is -0.507. The minimum Gasteiger partial charge on any atom is -0.444 e. The number of alkyl halides is 2. The molecule has 1 aliphatic heterocycles. The molecule has 1 N–H and O–H groups in total. The van der Waals surface area contributed by atoms with Crippen LogP contribution in [0.2, 0.25) is 0 Å². The van der Waals surface area contributed by atoms with Crippen LogP contribution in [-0.4, -0.2) is 48.2 Å². The average molecular weight is 332 g/mol. The lowest BCUT2D eigenvalue weighted by atomic mass is 9.84. The van der Waals surface area contributed by atoms with Crippen LogP contribution in [0.5, 0.6) is 0 Å². The summed E-state index contributed by atoms with van der Waals surface area (Å²) in [7, 11) is 0. The predicted octanol–water partition coefficient (Wildman–Crippen LogP) is 3.80. The Kier molecular flexibility index (Phi) is 5.87. The zero-order valence-corrected chi connectivity index (χ0v) is 14.5. The van der Waals surface area contributed by atoms with E-state index in [1.54, 1.807) is 0 Å². The van der Waals surface area contributed by atoms with E-state index in [9.17, 15) is 13.6 Å². The van der Waals surface area contributed by atoms with E-state index in [-0.39, 0.29) is 25.0 Å². The zero-order valence-electron chi connectivity index (χ0n) is 14.5. The largest absolute Gasteiger partial charge is 0.444 e. The second-order valence-corrected chi connectivity index (χ2v) is 7.95. The Labute approximate surface area is 137 Å². The Hall–Kier alpha value is -0.910. The van der Waals surface area contributed by atoms with Gasteiger partial charge < -0.3 is 15.0 Å². The van der Waals surface area contributed by atoms with Crippen LogP contribution in [0.25, 0.3) is 0 Å². The van der Waals surface area contributed by atoms with Gasteiger partial charge >= 0.3 is 6.09 Å². The van der Waals surface area contributed by atoms with Crippen molar-refractivity contribution in [2.24, 2.45) is 5.92 Å². The highest BCUT2D eigenvalue weighted by molar-refractivity contribution is 5.68. The quantitative estimate of drug-likeness (QED) is 0.855. The second-order valence-electron chi connectivity index (χ2n) is 7.95. The Balaban J connectivity index is 1.85. The van der Waals surface area contributed by atoms with Crippen LogP contribution < -0.4 is 5.32 Å². The standard InChI is InChI=1S/C17H30F2N2O2/c1-16(2,3)23-15(22)20-14-7-5-4-6-13(14)12-21-10-8-17(18,19)9-11-21/h13-14H,4-12H2,1-3H3,(H,20,22)/t13-,14?/m0/s1. The van der Waals surface area contributed by atoms with Crippen LogP contribution in [0.4, 0.5) is 13.6 Å². The number of rotatable bonds is 3.